The van der Waals surface area contributed by atoms with E-state index in [2.05, 4.69) is 16.1 Å². The number of benzene rings is 1. The Hall–Kier alpha value is -3.54. The molecule has 1 atom stereocenters. The second-order valence-electron chi connectivity index (χ2n) is 11.3. The van der Waals surface area contributed by atoms with E-state index in [1.165, 1.54) is 5.01 Å². The van der Waals surface area contributed by atoms with E-state index in [9.17, 15) is 24.3 Å². The maximum Gasteiger partial charge on any atom is 0.424 e. The Balaban J connectivity index is 2.50. The number of carboxylic acids is 1. The summed E-state index contributed by atoms with van der Waals surface area (Å²) in [6.07, 6.45) is 0.757. The van der Waals surface area contributed by atoms with Crippen LogP contribution in [0.5, 0.6) is 0 Å². The average molecular weight is 567 g/mol. The zero-order chi connectivity index (χ0) is 30.2. The molecule has 0 aliphatic rings. The molecule has 0 fully saturated rings. The number of hydrogen-bond acceptors (Lipinski definition) is 8. The topological polar surface area (TPSA) is 156 Å². The molecule has 0 aliphatic heterocycles. The van der Waals surface area contributed by atoms with E-state index in [4.69, 9.17) is 14.2 Å². The molecule has 0 unspecified atom stereocenters. The molecule has 0 saturated carbocycles. The number of carbonyl (C=O) groups excluding carboxylic acids is 3. The minimum Gasteiger partial charge on any atom is -0.481 e. The number of hydrogen-bond donors (Lipinski definition) is 4. The van der Waals surface area contributed by atoms with Crippen LogP contribution in [0.2, 0.25) is 0 Å². The molecule has 0 spiro atoms. The molecule has 12 heteroatoms. The number of aliphatic carboxylic acids is 1. The van der Waals surface area contributed by atoms with Crippen LogP contribution < -0.4 is 16.1 Å². The lowest BCUT2D eigenvalue weighted by molar-refractivity contribution is -0.137. The first-order chi connectivity index (χ1) is 18.6. The molecule has 0 saturated heterocycles. The summed E-state index contributed by atoms with van der Waals surface area (Å²) < 4.78 is 15.9. The molecule has 4 N–H and O–H groups in total. The minimum atomic E-state index is -1.11. The Bertz CT molecular complexity index is 928. The number of nitrogens with zero attached hydrogens (tertiary/aromatic N) is 1. The molecule has 226 valence electrons. The van der Waals surface area contributed by atoms with Gasteiger partial charge >= 0.3 is 24.2 Å². The number of hydrazine groups is 1. The second kappa shape index (κ2) is 17.2. The van der Waals surface area contributed by atoms with Gasteiger partial charge in [-0.3, -0.25) is 4.79 Å². The Labute approximate surface area is 237 Å². The molecule has 12 nitrogen and oxygen atoms in total. The summed E-state index contributed by atoms with van der Waals surface area (Å²) in [6, 6.07) is 8.59. The fourth-order valence-electron chi connectivity index (χ4n) is 3.34. The summed E-state index contributed by atoms with van der Waals surface area (Å²) in [7, 11) is 0. The predicted octanol–water partition coefficient (Wildman–Crippen LogP) is 4.58. The highest BCUT2D eigenvalue weighted by Gasteiger charge is 2.25. The standard InChI is InChI=1S/C28H46N4O8/c1-27(2,3)39-25(36)31-22(18-23(33)34)19-30-32(26(37)40-28(4,5)6)17-13-8-7-12-16-29-24(35)38-20-21-14-10-9-11-15-21/h9-11,14-15,22,30H,7-8,12-13,16-20H2,1-6H3,(H,29,35)(H,31,36)(H,33,34)/t22-/m0/s1. The van der Waals surface area contributed by atoms with Gasteiger partial charge in [-0.15, -0.1) is 0 Å². The predicted molar refractivity (Wildman–Crippen MR) is 149 cm³/mol. The van der Waals surface area contributed by atoms with Crippen LogP contribution in [-0.2, 0) is 25.6 Å². The van der Waals surface area contributed by atoms with Crippen molar-refractivity contribution in [1.82, 2.24) is 21.1 Å². The first-order valence-corrected chi connectivity index (χ1v) is 13.5. The van der Waals surface area contributed by atoms with Gasteiger partial charge in [-0.25, -0.2) is 24.8 Å². The Morgan fingerprint density at radius 2 is 1.50 bits per heavy atom. The highest BCUT2D eigenvalue weighted by Crippen LogP contribution is 2.11. The van der Waals surface area contributed by atoms with Gasteiger partial charge in [0.2, 0.25) is 0 Å². The van der Waals surface area contributed by atoms with Gasteiger partial charge in [-0.1, -0.05) is 43.2 Å². The lowest BCUT2D eigenvalue weighted by Crippen LogP contribution is -2.52. The van der Waals surface area contributed by atoms with Crippen molar-refractivity contribution in [1.29, 1.82) is 0 Å². The quantitative estimate of drug-likeness (QED) is 0.136. The Morgan fingerprint density at radius 1 is 0.875 bits per heavy atom. The van der Waals surface area contributed by atoms with Gasteiger partial charge < -0.3 is 30.0 Å². The number of rotatable bonds is 15. The van der Waals surface area contributed by atoms with Crippen molar-refractivity contribution in [2.45, 2.75) is 97.5 Å². The first kappa shape index (κ1) is 34.5. The Morgan fingerprint density at radius 3 is 2.10 bits per heavy atom. The molecule has 0 bridgehead atoms. The molecular formula is C28H46N4O8. The number of ether oxygens (including phenoxy) is 3. The summed E-state index contributed by atoms with van der Waals surface area (Å²) in [5, 5.41) is 15.8. The summed E-state index contributed by atoms with van der Waals surface area (Å²) in [6.45, 7) is 11.3. The van der Waals surface area contributed by atoms with Gasteiger partial charge in [0.05, 0.1) is 12.5 Å². The van der Waals surface area contributed by atoms with E-state index >= 15 is 0 Å². The van der Waals surface area contributed by atoms with E-state index in [1.54, 1.807) is 41.5 Å². The monoisotopic (exact) mass is 566 g/mol. The number of amides is 3. The van der Waals surface area contributed by atoms with Gasteiger partial charge in [0, 0.05) is 19.6 Å². The molecule has 1 aromatic carbocycles. The van der Waals surface area contributed by atoms with Gasteiger partial charge in [-0.05, 0) is 59.9 Å². The highest BCUT2D eigenvalue weighted by atomic mass is 16.6. The van der Waals surface area contributed by atoms with Crippen LogP contribution in [0.15, 0.2) is 30.3 Å². The van der Waals surface area contributed by atoms with Crippen molar-refractivity contribution in [2.75, 3.05) is 19.6 Å². The first-order valence-electron chi connectivity index (χ1n) is 13.5. The fourth-order valence-corrected chi connectivity index (χ4v) is 3.34. The van der Waals surface area contributed by atoms with E-state index in [1.807, 2.05) is 30.3 Å². The average Bonchev–Trinajstić information content (AvgIpc) is 2.81. The van der Waals surface area contributed by atoms with Gasteiger partial charge in [0.1, 0.15) is 17.8 Å². The molecular weight excluding hydrogens is 520 g/mol. The second-order valence-corrected chi connectivity index (χ2v) is 11.3. The third-order valence-corrected chi connectivity index (χ3v) is 5.07. The van der Waals surface area contributed by atoms with Gasteiger partial charge in [0.15, 0.2) is 0 Å². The van der Waals surface area contributed by atoms with Crippen LogP contribution in [0.4, 0.5) is 14.4 Å². The summed E-state index contributed by atoms with van der Waals surface area (Å²) in [5.74, 6) is -1.11. The maximum absolute atomic E-state index is 12.8. The van der Waals surface area contributed by atoms with Crippen LogP contribution in [0.3, 0.4) is 0 Å². The SMILES string of the molecule is CC(C)(C)OC(=O)N[C@H](CNN(CCCCCCNC(=O)OCc1ccccc1)C(=O)OC(C)(C)C)CC(=O)O. The van der Waals surface area contributed by atoms with Crippen molar-refractivity contribution < 1.29 is 38.5 Å². The lowest BCUT2D eigenvalue weighted by atomic mass is 10.2. The van der Waals surface area contributed by atoms with Crippen LogP contribution in [0.1, 0.15) is 79.2 Å². The van der Waals surface area contributed by atoms with Crippen LogP contribution in [-0.4, -0.2) is 71.2 Å². The number of carbonyl (C=O) groups is 4. The van der Waals surface area contributed by atoms with Crippen molar-refractivity contribution in [2.24, 2.45) is 0 Å². The molecule has 0 radical (unpaired) electrons. The van der Waals surface area contributed by atoms with Crippen LogP contribution in [0, 0.1) is 0 Å². The molecule has 0 aromatic heterocycles. The van der Waals surface area contributed by atoms with Crippen molar-refractivity contribution in [3.05, 3.63) is 35.9 Å². The van der Waals surface area contributed by atoms with Crippen molar-refractivity contribution >= 4 is 24.2 Å². The zero-order valence-corrected chi connectivity index (χ0v) is 24.6. The molecule has 40 heavy (non-hydrogen) atoms. The molecule has 1 aromatic rings. The number of unbranched alkanes of at least 4 members (excludes halogenated alkanes) is 3. The number of nitrogens with one attached hydrogen (secondary N) is 3. The van der Waals surface area contributed by atoms with Gasteiger partial charge in [-0.2, -0.15) is 0 Å². The van der Waals surface area contributed by atoms with E-state index in [0.717, 1.165) is 24.8 Å². The van der Waals surface area contributed by atoms with E-state index in [0.29, 0.717) is 19.5 Å². The van der Waals surface area contributed by atoms with Gasteiger partial charge in [0.25, 0.3) is 0 Å². The largest absolute Gasteiger partial charge is 0.481 e. The normalized spacial score (nSPS) is 12.2. The molecule has 1 rings (SSSR count). The third kappa shape index (κ3) is 17.9. The highest BCUT2D eigenvalue weighted by molar-refractivity contribution is 5.72. The van der Waals surface area contributed by atoms with E-state index < -0.39 is 41.5 Å². The number of alkyl carbamates (subject to hydrolysis) is 2. The molecule has 0 aliphatic carbocycles. The molecule has 0 heterocycles. The third-order valence-electron chi connectivity index (χ3n) is 5.07. The van der Waals surface area contributed by atoms with Crippen LogP contribution in [0.25, 0.3) is 0 Å². The smallest absolute Gasteiger partial charge is 0.424 e. The fraction of sp³-hybridized carbons (Fsp3) is 0.643. The van der Waals surface area contributed by atoms with Crippen molar-refractivity contribution in [3.63, 3.8) is 0 Å². The minimum absolute atomic E-state index is 0.0280. The summed E-state index contributed by atoms with van der Waals surface area (Å²) >= 11 is 0. The summed E-state index contributed by atoms with van der Waals surface area (Å²) in [4.78, 5) is 48.1. The summed E-state index contributed by atoms with van der Waals surface area (Å²) in [5.41, 5.74) is 2.35. The lowest BCUT2D eigenvalue weighted by Gasteiger charge is -2.29. The number of carboxylic acid groups (broad SMARTS) is 1. The zero-order valence-electron chi connectivity index (χ0n) is 24.6. The van der Waals surface area contributed by atoms with Crippen LogP contribution >= 0.6 is 0 Å². The maximum atomic E-state index is 12.8. The molecule has 3 amide bonds. The van der Waals surface area contributed by atoms with Crippen molar-refractivity contribution in [3.8, 4) is 0 Å². The van der Waals surface area contributed by atoms with E-state index in [-0.39, 0.29) is 19.6 Å². The Kier molecular flexibility index (Phi) is 14.8.